The molecule has 4 rings (SSSR count). The van der Waals surface area contributed by atoms with E-state index in [-0.39, 0.29) is 6.10 Å². The standard InChI is InChI=1S/C30H50O/c1-8-22(19(2)3)10-9-20(4)24-13-14-26-23-11-12-25-21(5)28(31)16-18-30(25,7)27(23)15-17-29(24,26)6/h9-10,19-20,22-24,26-28,31H,8,11-18H2,1-7H3/b10-9+/t20-,22+,23+,24-,26+,27+,28+,29-,30+/m1/s1. The van der Waals surface area contributed by atoms with Crippen molar-refractivity contribution in [3.8, 4) is 0 Å². The molecule has 4 aliphatic carbocycles. The first-order valence-electron chi connectivity index (χ1n) is 13.7. The van der Waals surface area contributed by atoms with Gasteiger partial charge >= 0.3 is 0 Å². The maximum Gasteiger partial charge on any atom is 0.0750 e. The summed E-state index contributed by atoms with van der Waals surface area (Å²) in [4.78, 5) is 0. The van der Waals surface area contributed by atoms with Gasteiger partial charge < -0.3 is 5.11 Å². The molecule has 31 heavy (non-hydrogen) atoms. The van der Waals surface area contributed by atoms with Crippen LogP contribution in [0.5, 0.6) is 0 Å². The Morgan fingerprint density at radius 3 is 2.39 bits per heavy atom. The van der Waals surface area contributed by atoms with E-state index in [9.17, 15) is 5.11 Å². The van der Waals surface area contributed by atoms with Gasteiger partial charge in [0.1, 0.15) is 0 Å². The highest BCUT2D eigenvalue weighted by molar-refractivity contribution is 5.31. The molecule has 3 saturated carbocycles. The molecule has 0 aliphatic heterocycles. The van der Waals surface area contributed by atoms with Crippen LogP contribution in [0.25, 0.3) is 0 Å². The van der Waals surface area contributed by atoms with E-state index >= 15 is 0 Å². The maximum atomic E-state index is 10.5. The number of hydrogen-bond acceptors (Lipinski definition) is 1. The summed E-state index contributed by atoms with van der Waals surface area (Å²) in [5.41, 5.74) is 3.88. The van der Waals surface area contributed by atoms with E-state index in [2.05, 4.69) is 60.6 Å². The van der Waals surface area contributed by atoms with Gasteiger partial charge in [-0.05, 0) is 123 Å². The zero-order valence-corrected chi connectivity index (χ0v) is 21.6. The first-order chi connectivity index (χ1) is 14.6. The summed E-state index contributed by atoms with van der Waals surface area (Å²) in [6, 6.07) is 0. The Bertz CT molecular complexity index is 716. The Balaban J connectivity index is 1.54. The number of fused-ring (bicyclic) bond motifs is 5. The molecule has 0 bridgehead atoms. The summed E-state index contributed by atoms with van der Waals surface area (Å²) in [6.07, 6.45) is 16.8. The van der Waals surface area contributed by atoms with E-state index in [1.54, 1.807) is 5.57 Å². The first-order valence-corrected chi connectivity index (χ1v) is 13.7. The highest BCUT2D eigenvalue weighted by Crippen LogP contribution is 2.68. The Labute approximate surface area is 193 Å². The van der Waals surface area contributed by atoms with Gasteiger partial charge in [-0.15, -0.1) is 0 Å². The minimum Gasteiger partial charge on any atom is -0.389 e. The van der Waals surface area contributed by atoms with Crippen LogP contribution in [0, 0.1) is 52.3 Å². The van der Waals surface area contributed by atoms with E-state index < -0.39 is 0 Å². The van der Waals surface area contributed by atoms with Crippen molar-refractivity contribution in [3.05, 3.63) is 23.3 Å². The van der Waals surface area contributed by atoms with Crippen LogP contribution in [-0.2, 0) is 0 Å². The fourth-order valence-electron chi connectivity index (χ4n) is 9.33. The SMILES string of the molecule is CC[C@@H](/C=C/[C@@H](C)[C@H]1CC[C@H]2[C@@H]3CCC4=C(C)[C@@H](O)CC[C@]4(C)[C@H]3CC[C@]12C)C(C)C. The molecule has 1 N–H and O–H groups in total. The number of aliphatic hydroxyl groups is 1. The zero-order valence-electron chi connectivity index (χ0n) is 21.6. The van der Waals surface area contributed by atoms with Crippen molar-refractivity contribution >= 4 is 0 Å². The van der Waals surface area contributed by atoms with Crippen molar-refractivity contribution in [2.24, 2.45) is 52.3 Å². The highest BCUT2D eigenvalue weighted by Gasteiger charge is 2.59. The van der Waals surface area contributed by atoms with Gasteiger partial charge in [0, 0.05) is 0 Å². The molecular weight excluding hydrogens is 376 g/mol. The number of aliphatic hydroxyl groups excluding tert-OH is 1. The molecule has 0 saturated heterocycles. The van der Waals surface area contributed by atoms with E-state index in [4.69, 9.17) is 0 Å². The third-order valence-corrected chi connectivity index (χ3v) is 11.3. The van der Waals surface area contributed by atoms with Crippen molar-refractivity contribution < 1.29 is 5.11 Å². The topological polar surface area (TPSA) is 20.2 Å². The Kier molecular flexibility index (Phi) is 6.59. The molecule has 0 aromatic rings. The van der Waals surface area contributed by atoms with Gasteiger partial charge in [0.25, 0.3) is 0 Å². The van der Waals surface area contributed by atoms with E-state index in [1.807, 2.05) is 0 Å². The Morgan fingerprint density at radius 2 is 1.71 bits per heavy atom. The number of allylic oxidation sites excluding steroid dienone is 3. The normalized spacial score (nSPS) is 44.9. The summed E-state index contributed by atoms with van der Waals surface area (Å²) in [5.74, 6) is 5.74. The van der Waals surface area contributed by atoms with Crippen LogP contribution >= 0.6 is 0 Å². The molecule has 0 unspecified atom stereocenters. The zero-order chi connectivity index (χ0) is 22.6. The largest absolute Gasteiger partial charge is 0.389 e. The Hall–Kier alpha value is -0.560. The van der Waals surface area contributed by atoms with Crippen LogP contribution in [0.2, 0.25) is 0 Å². The fraction of sp³-hybridized carbons (Fsp3) is 0.867. The van der Waals surface area contributed by atoms with E-state index in [0.717, 1.165) is 41.9 Å². The van der Waals surface area contributed by atoms with Crippen molar-refractivity contribution in [1.82, 2.24) is 0 Å². The van der Waals surface area contributed by atoms with Crippen LogP contribution in [0.1, 0.15) is 106 Å². The average molecular weight is 427 g/mol. The third kappa shape index (κ3) is 3.79. The van der Waals surface area contributed by atoms with Crippen molar-refractivity contribution in [1.29, 1.82) is 0 Å². The van der Waals surface area contributed by atoms with Gasteiger partial charge in [0.2, 0.25) is 0 Å². The predicted octanol–water partition coefficient (Wildman–Crippen LogP) is 8.19. The van der Waals surface area contributed by atoms with Gasteiger partial charge in [0.15, 0.2) is 0 Å². The molecule has 4 aliphatic rings. The van der Waals surface area contributed by atoms with Crippen LogP contribution in [-0.4, -0.2) is 11.2 Å². The third-order valence-electron chi connectivity index (χ3n) is 11.3. The molecule has 0 amide bonds. The second kappa shape index (κ2) is 8.66. The fourth-order valence-corrected chi connectivity index (χ4v) is 9.33. The van der Waals surface area contributed by atoms with Crippen molar-refractivity contribution in [2.75, 3.05) is 0 Å². The molecule has 0 aromatic carbocycles. The Morgan fingerprint density at radius 1 is 0.968 bits per heavy atom. The smallest absolute Gasteiger partial charge is 0.0750 e. The molecule has 0 heterocycles. The molecule has 0 spiro atoms. The lowest BCUT2D eigenvalue weighted by Gasteiger charge is -2.59. The molecule has 1 heteroatoms. The summed E-state index contributed by atoms with van der Waals surface area (Å²) in [5, 5.41) is 10.5. The summed E-state index contributed by atoms with van der Waals surface area (Å²) in [6.45, 7) is 17.1. The molecule has 1 nitrogen and oxygen atoms in total. The lowest BCUT2D eigenvalue weighted by molar-refractivity contribution is -0.0607. The van der Waals surface area contributed by atoms with Crippen LogP contribution < -0.4 is 0 Å². The monoisotopic (exact) mass is 426 g/mol. The van der Waals surface area contributed by atoms with E-state index in [1.165, 1.54) is 56.9 Å². The summed E-state index contributed by atoms with van der Waals surface area (Å²) >= 11 is 0. The lowest BCUT2D eigenvalue weighted by atomic mass is 9.46. The quantitative estimate of drug-likeness (QED) is 0.439. The van der Waals surface area contributed by atoms with Crippen LogP contribution in [0.15, 0.2) is 23.3 Å². The van der Waals surface area contributed by atoms with Gasteiger partial charge in [-0.25, -0.2) is 0 Å². The van der Waals surface area contributed by atoms with Gasteiger partial charge in [-0.1, -0.05) is 59.3 Å². The minimum absolute atomic E-state index is 0.172. The number of rotatable bonds is 5. The van der Waals surface area contributed by atoms with Gasteiger partial charge in [-0.3, -0.25) is 0 Å². The number of hydrogen-bond donors (Lipinski definition) is 1. The predicted molar refractivity (Wildman–Crippen MR) is 133 cm³/mol. The molecule has 0 aromatic heterocycles. The van der Waals surface area contributed by atoms with Gasteiger partial charge in [-0.2, -0.15) is 0 Å². The molecule has 176 valence electrons. The molecule has 9 atom stereocenters. The first kappa shape index (κ1) is 23.6. The van der Waals surface area contributed by atoms with Crippen LogP contribution in [0.3, 0.4) is 0 Å². The minimum atomic E-state index is -0.172. The second-order valence-electron chi connectivity index (χ2n) is 12.8. The highest BCUT2D eigenvalue weighted by atomic mass is 16.3. The van der Waals surface area contributed by atoms with Gasteiger partial charge in [0.05, 0.1) is 6.10 Å². The van der Waals surface area contributed by atoms with E-state index in [0.29, 0.717) is 16.7 Å². The maximum absolute atomic E-state index is 10.5. The van der Waals surface area contributed by atoms with Crippen molar-refractivity contribution in [2.45, 2.75) is 112 Å². The average Bonchev–Trinajstić information content (AvgIpc) is 3.08. The molecule has 0 radical (unpaired) electrons. The summed E-state index contributed by atoms with van der Waals surface area (Å²) < 4.78 is 0. The molecular formula is C30H50O. The van der Waals surface area contributed by atoms with Crippen molar-refractivity contribution in [3.63, 3.8) is 0 Å². The second-order valence-corrected chi connectivity index (χ2v) is 12.8. The van der Waals surface area contributed by atoms with Crippen LogP contribution in [0.4, 0.5) is 0 Å². The summed E-state index contributed by atoms with van der Waals surface area (Å²) in [7, 11) is 0. The lowest BCUT2D eigenvalue weighted by Crippen LogP contribution is -2.51. The molecule has 3 fully saturated rings.